The Hall–Kier alpha value is -1.44. The number of benzene rings is 1. The van der Waals surface area contributed by atoms with Crippen LogP contribution in [0.5, 0.6) is 5.88 Å². The summed E-state index contributed by atoms with van der Waals surface area (Å²) in [5.41, 5.74) is 1.22. The van der Waals surface area contributed by atoms with E-state index >= 15 is 0 Å². The molecule has 5 nitrogen and oxygen atoms in total. The first kappa shape index (κ1) is 16.1. The maximum absolute atomic E-state index is 10.8. The molecule has 126 valence electrons. The third-order valence-corrected chi connectivity index (χ3v) is 6.23. The first-order valence-electron chi connectivity index (χ1n) is 8.28. The van der Waals surface area contributed by atoms with Gasteiger partial charge in [-0.2, -0.15) is 4.52 Å². The summed E-state index contributed by atoms with van der Waals surface area (Å²) in [6.45, 7) is 4.10. The number of aryl methyl sites for hydroxylation is 1. The molecule has 3 heterocycles. The Morgan fingerprint density at radius 1 is 1.29 bits per heavy atom. The summed E-state index contributed by atoms with van der Waals surface area (Å²) in [5, 5.41) is 15.1. The third-order valence-electron chi connectivity index (χ3n) is 4.65. The number of likely N-dealkylation sites (tertiary alicyclic amines) is 1. The summed E-state index contributed by atoms with van der Waals surface area (Å²) in [5.74, 6) is 0.922. The first-order valence-corrected chi connectivity index (χ1v) is 9.89. The molecular formula is C17H20BrN4OS+. The molecule has 0 aliphatic carbocycles. The molecule has 0 radical (unpaired) electrons. The van der Waals surface area contributed by atoms with E-state index in [0.29, 0.717) is 5.82 Å². The van der Waals surface area contributed by atoms with Gasteiger partial charge in [0.1, 0.15) is 10.7 Å². The number of quaternary nitrogens is 1. The Bertz CT molecular complexity index is 869. The van der Waals surface area contributed by atoms with Crippen LogP contribution in [0.4, 0.5) is 0 Å². The normalized spacial score (nSPS) is 17.4. The van der Waals surface area contributed by atoms with E-state index in [1.54, 1.807) is 15.9 Å². The van der Waals surface area contributed by atoms with Crippen LogP contribution in [-0.2, 0) is 0 Å². The number of hydrogen-bond donors (Lipinski definition) is 2. The highest BCUT2D eigenvalue weighted by Crippen LogP contribution is 2.35. The second-order valence-electron chi connectivity index (χ2n) is 6.35. The zero-order valence-electron chi connectivity index (χ0n) is 13.5. The van der Waals surface area contributed by atoms with E-state index in [9.17, 15) is 5.11 Å². The van der Waals surface area contributed by atoms with Crippen LogP contribution in [0.3, 0.4) is 0 Å². The maximum Gasteiger partial charge on any atom is 0.235 e. The third kappa shape index (κ3) is 2.85. The molecule has 1 aliphatic rings. The van der Waals surface area contributed by atoms with Crippen molar-refractivity contribution in [2.45, 2.75) is 32.2 Å². The molecule has 2 aromatic heterocycles. The van der Waals surface area contributed by atoms with Gasteiger partial charge in [0.15, 0.2) is 6.04 Å². The van der Waals surface area contributed by atoms with Crippen molar-refractivity contribution < 1.29 is 10.0 Å². The molecule has 1 saturated heterocycles. The van der Waals surface area contributed by atoms with Gasteiger partial charge >= 0.3 is 0 Å². The summed E-state index contributed by atoms with van der Waals surface area (Å²) in [6, 6.07) is 8.54. The molecule has 2 N–H and O–H groups in total. The van der Waals surface area contributed by atoms with Crippen LogP contribution in [0, 0.1) is 6.92 Å². The van der Waals surface area contributed by atoms with Gasteiger partial charge in [0, 0.05) is 10.0 Å². The van der Waals surface area contributed by atoms with E-state index in [1.165, 1.54) is 29.7 Å². The summed E-state index contributed by atoms with van der Waals surface area (Å²) in [6.07, 6.45) is 3.77. The molecule has 0 unspecified atom stereocenters. The lowest BCUT2D eigenvalue weighted by Gasteiger charge is -2.31. The van der Waals surface area contributed by atoms with Gasteiger partial charge in [-0.15, -0.1) is 5.10 Å². The van der Waals surface area contributed by atoms with Gasteiger partial charge in [0.05, 0.1) is 13.1 Å². The summed E-state index contributed by atoms with van der Waals surface area (Å²) >= 11 is 5.13. The minimum absolute atomic E-state index is 0.122. The van der Waals surface area contributed by atoms with Crippen LogP contribution < -0.4 is 4.90 Å². The monoisotopic (exact) mass is 407 g/mol. The lowest BCUT2D eigenvalue weighted by atomic mass is 10.0. The zero-order chi connectivity index (χ0) is 16.7. The fourth-order valence-electron chi connectivity index (χ4n) is 3.59. The molecule has 3 aromatic rings. The smallest absolute Gasteiger partial charge is 0.235 e. The van der Waals surface area contributed by atoms with Crippen molar-refractivity contribution in [3.8, 4) is 5.88 Å². The number of hydrogen-bond acceptors (Lipinski definition) is 4. The van der Waals surface area contributed by atoms with Crippen molar-refractivity contribution in [2.24, 2.45) is 0 Å². The van der Waals surface area contributed by atoms with Crippen molar-refractivity contribution >= 4 is 32.2 Å². The molecule has 1 atom stereocenters. The summed E-state index contributed by atoms with van der Waals surface area (Å²) in [7, 11) is 0. The molecule has 4 rings (SSSR count). The predicted octanol–water partition coefficient (Wildman–Crippen LogP) is 2.73. The Labute approximate surface area is 153 Å². The van der Waals surface area contributed by atoms with Crippen molar-refractivity contribution in [1.29, 1.82) is 0 Å². The molecule has 0 saturated carbocycles. The maximum atomic E-state index is 10.8. The standard InChI is InChI=1S/C17H19BrN4OS/c1-11-19-17-22(20-11)16(23)15(24-17)14(21-8-3-2-4-9-21)12-6-5-7-13(18)10-12/h5-7,10,14,23H,2-4,8-9H2,1H3/p+1/t14-/m0/s1. The van der Waals surface area contributed by atoms with Gasteiger partial charge < -0.3 is 10.0 Å². The predicted molar refractivity (Wildman–Crippen MR) is 97.8 cm³/mol. The fourth-order valence-corrected chi connectivity index (χ4v) is 5.19. The minimum atomic E-state index is 0.122. The van der Waals surface area contributed by atoms with Crippen molar-refractivity contribution in [3.05, 3.63) is 45.0 Å². The highest BCUT2D eigenvalue weighted by atomic mass is 79.9. The highest BCUT2D eigenvalue weighted by molar-refractivity contribution is 9.10. The number of aromatic hydroxyl groups is 1. The Balaban J connectivity index is 1.84. The number of fused-ring (bicyclic) bond motifs is 1. The van der Waals surface area contributed by atoms with Gasteiger partial charge in [-0.25, -0.2) is 4.98 Å². The van der Waals surface area contributed by atoms with E-state index in [1.807, 2.05) is 13.0 Å². The summed E-state index contributed by atoms with van der Waals surface area (Å²) in [4.78, 5) is 7.65. The molecule has 0 amide bonds. The van der Waals surface area contributed by atoms with Crippen LogP contribution in [0.1, 0.15) is 41.6 Å². The topological polar surface area (TPSA) is 54.9 Å². The van der Waals surface area contributed by atoms with Crippen molar-refractivity contribution in [2.75, 3.05) is 13.1 Å². The summed E-state index contributed by atoms with van der Waals surface area (Å²) < 4.78 is 2.64. The molecule has 1 fully saturated rings. The molecular weight excluding hydrogens is 388 g/mol. The minimum Gasteiger partial charge on any atom is -0.492 e. The SMILES string of the molecule is Cc1nc2sc([C@H](c3cccc(Br)c3)[NH+]3CCCCC3)c(O)n2n1. The van der Waals surface area contributed by atoms with Gasteiger partial charge in [0.25, 0.3) is 0 Å². The van der Waals surface area contributed by atoms with E-state index in [0.717, 1.165) is 27.4 Å². The number of halogens is 1. The first-order chi connectivity index (χ1) is 11.6. The van der Waals surface area contributed by atoms with E-state index in [-0.39, 0.29) is 11.9 Å². The molecule has 24 heavy (non-hydrogen) atoms. The molecule has 1 aliphatic heterocycles. The van der Waals surface area contributed by atoms with Gasteiger partial charge in [-0.05, 0) is 38.3 Å². The van der Waals surface area contributed by atoms with Crippen molar-refractivity contribution in [1.82, 2.24) is 14.6 Å². The number of rotatable bonds is 3. The molecule has 7 heteroatoms. The molecule has 1 aromatic carbocycles. The van der Waals surface area contributed by atoms with Crippen LogP contribution in [0.25, 0.3) is 4.96 Å². The number of thiazole rings is 1. The largest absolute Gasteiger partial charge is 0.492 e. The second-order valence-corrected chi connectivity index (χ2v) is 8.28. The van der Waals surface area contributed by atoms with Gasteiger partial charge in [-0.3, -0.25) is 0 Å². The number of nitrogens with zero attached hydrogens (tertiary/aromatic N) is 3. The zero-order valence-corrected chi connectivity index (χ0v) is 15.9. The molecule has 0 spiro atoms. The Morgan fingerprint density at radius 3 is 2.79 bits per heavy atom. The highest BCUT2D eigenvalue weighted by Gasteiger charge is 2.33. The van der Waals surface area contributed by atoms with Gasteiger partial charge in [-0.1, -0.05) is 39.4 Å². The van der Waals surface area contributed by atoms with E-state index < -0.39 is 0 Å². The molecule has 0 bridgehead atoms. The number of piperidine rings is 1. The van der Waals surface area contributed by atoms with Gasteiger partial charge in [0.2, 0.25) is 10.8 Å². The number of nitrogens with one attached hydrogen (secondary N) is 1. The Kier molecular flexibility index (Phi) is 4.32. The van der Waals surface area contributed by atoms with E-state index in [2.05, 4.69) is 44.2 Å². The Morgan fingerprint density at radius 2 is 2.08 bits per heavy atom. The quantitative estimate of drug-likeness (QED) is 0.701. The van der Waals surface area contributed by atoms with E-state index in [4.69, 9.17) is 0 Å². The average molecular weight is 408 g/mol. The fraction of sp³-hybridized carbons (Fsp3) is 0.412. The van der Waals surface area contributed by atoms with Crippen LogP contribution >= 0.6 is 27.3 Å². The van der Waals surface area contributed by atoms with Crippen molar-refractivity contribution in [3.63, 3.8) is 0 Å². The van der Waals surface area contributed by atoms with Crippen LogP contribution in [0.15, 0.2) is 28.7 Å². The van der Waals surface area contributed by atoms with Crippen LogP contribution in [0.2, 0.25) is 0 Å². The van der Waals surface area contributed by atoms with Crippen LogP contribution in [-0.4, -0.2) is 32.8 Å². The second kappa shape index (κ2) is 6.46. The number of aromatic nitrogens is 3. The lowest BCUT2D eigenvalue weighted by Crippen LogP contribution is -3.13. The average Bonchev–Trinajstić information content (AvgIpc) is 3.07. The lowest BCUT2D eigenvalue weighted by molar-refractivity contribution is -0.930.